The molecule has 3 aromatic rings. The summed E-state index contributed by atoms with van der Waals surface area (Å²) in [5.74, 6) is -1.37. The van der Waals surface area contributed by atoms with Crippen LogP contribution in [0.5, 0.6) is 5.75 Å². The minimum atomic E-state index is -1.29. The molecule has 0 radical (unpaired) electrons. The lowest BCUT2D eigenvalue weighted by molar-refractivity contribution is 0.0685. The van der Waals surface area contributed by atoms with E-state index in [4.69, 9.17) is 20.1 Å². The van der Waals surface area contributed by atoms with Gasteiger partial charge in [0.05, 0.1) is 7.11 Å². The Hall–Kier alpha value is -3.40. The van der Waals surface area contributed by atoms with Gasteiger partial charge in [-0.05, 0) is 24.3 Å². The molecule has 0 aliphatic carbocycles. The molecule has 1 aromatic carbocycles. The quantitative estimate of drug-likeness (QED) is 0.565. The Morgan fingerprint density at radius 3 is 2.64 bits per heavy atom. The summed E-state index contributed by atoms with van der Waals surface area (Å²) in [4.78, 5) is 27.4. The van der Waals surface area contributed by atoms with Crippen molar-refractivity contribution in [1.29, 1.82) is 0 Å². The Kier molecular flexibility index (Phi) is 4.35. The molecule has 0 amide bonds. The maximum atomic E-state index is 12.4. The number of nitrogens with two attached hydrogens (primary N) is 1. The number of aromatic nitrogens is 2. The zero-order valence-corrected chi connectivity index (χ0v) is 13.7. The highest BCUT2D eigenvalue weighted by Gasteiger charge is 2.23. The zero-order chi connectivity index (χ0) is 18.0. The molecule has 9 nitrogen and oxygen atoms in total. The van der Waals surface area contributed by atoms with E-state index in [0.717, 1.165) is 23.1 Å². The summed E-state index contributed by atoms with van der Waals surface area (Å²) in [7, 11) is 1.57. The largest absolute Gasteiger partial charge is 0.497 e. The van der Waals surface area contributed by atoms with Crippen molar-refractivity contribution in [3.63, 3.8) is 0 Å². The van der Waals surface area contributed by atoms with Gasteiger partial charge in [-0.15, -0.1) is 0 Å². The number of ketones is 1. The van der Waals surface area contributed by atoms with Crippen LogP contribution in [0.3, 0.4) is 0 Å². The van der Waals surface area contributed by atoms with Gasteiger partial charge >= 0.3 is 5.97 Å². The van der Waals surface area contributed by atoms with Gasteiger partial charge < -0.3 is 25.4 Å². The smallest absolute Gasteiger partial charge is 0.358 e. The molecule has 0 atom stereocenters. The van der Waals surface area contributed by atoms with Gasteiger partial charge in [0.15, 0.2) is 10.8 Å². The lowest BCUT2D eigenvalue weighted by atomic mass is 10.2. The van der Waals surface area contributed by atoms with Crippen LogP contribution in [-0.4, -0.2) is 34.1 Å². The number of benzene rings is 1. The van der Waals surface area contributed by atoms with Gasteiger partial charge in [-0.1, -0.05) is 16.5 Å². The minimum Gasteiger partial charge on any atom is -0.497 e. The average Bonchev–Trinajstić information content (AvgIpc) is 3.22. The van der Waals surface area contributed by atoms with Crippen molar-refractivity contribution in [2.45, 2.75) is 0 Å². The van der Waals surface area contributed by atoms with E-state index in [1.165, 1.54) is 0 Å². The van der Waals surface area contributed by atoms with E-state index in [9.17, 15) is 9.59 Å². The molecular formula is C15H12N4O5S. The molecule has 128 valence electrons. The van der Waals surface area contributed by atoms with Crippen LogP contribution in [0.25, 0.3) is 0 Å². The first-order valence-electron chi connectivity index (χ1n) is 6.90. The predicted octanol–water partition coefficient (Wildman–Crippen LogP) is 2.39. The van der Waals surface area contributed by atoms with E-state index in [1.54, 1.807) is 31.4 Å². The average molecular weight is 360 g/mol. The summed E-state index contributed by atoms with van der Waals surface area (Å²) in [6, 6.07) is 8.15. The van der Waals surface area contributed by atoms with Crippen molar-refractivity contribution in [2.24, 2.45) is 0 Å². The van der Waals surface area contributed by atoms with Gasteiger partial charge in [0.1, 0.15) is 16.4 Å². The summed E-state index contributed by atoms with van der Waals surface area (Å²) in [6.07, 6.45) is 0. The van der Waals surface area contributed by atoms with E-state index in [2.05, 4.69) is 15.5 Å². The second kappa shape index (κ2) is 6.61. The van der Waals surface area contributed by atoms with E-state index in [0.29, 0.717) is 10.9 Å². The fourth-order valence-electron chi connectivity index (χ4n) is 1.94. The summed E-state index contributed by atoms with van der Waals surface area (Å²) in [6.45, 7) is 0. The van der Waals surface area contributed by atoms with Crippen molar-refractivity contribution in [2.75, 3.05) is 18.2 Å². The molecule has 3 rings (SSSR count). The highest BCUT2D eigenvalue weighted by molar-refractivity contribution is 7.18. The van der Waals surface area contributed by atoms with Gasteiger partial charge in [0, 0.05) is 11.8 Å². The third-order valence-electron chi connectivity index (χ3n) is 3.15. The lowest BCUT2D eigenvalue weighted by Gasteiger charge is -2.03. The second-order valence-electron chi connectivity index (χ2n) is 4.80. The number of carboxylic acids is 1. The highest BCUT2D eigenvalue weighted by Crippen LogP contribution is 2.30. The maximum absolute atomic E-state index is 12.4. The number of hydrogen-bond acceptors (Lipinski definition) is 9. The van der Waals surface area contributed by atoms with Gasteiger partial charge in [-0.3, -0.25) is 4.79 Å². The third kappa shape index (κ3) is 3.43. The van der Waals surface area contributed by atoms with E-state index in [-0.39, 0.29) is 22.1 Å². The Labute approximate surface area is 145 Å². The molecule has 0 aliphatic heterocycles. The monoisotopic (exact) mass is 360 g/mol. The predicted molar refractivity (Wildman–Crippen MR) is 89.7 cm³/mol. The maximum Gasteiger partial charge on any atom is 0.358 e. The lowest BCUT2D eigenvalue weighted by Crippen LogP contribution is -2.01. The number of carbonyl (C=O) groups excluding carboxylic acids is 1. The number of nitrogens with zero attached hydrogens (tertiary/aromatic N) is 2. The van der Waals surface area contributed by atoms with Crippen LogP contribution in [-0.2, 0) is 0 Å². The van der Waals surface area contributed by atoms with Crippen LogP contribution in [0.1, 0.15) is 25.9 Å². The van der Waals surface area contributed by atoms with E-state index < -0.39 is 11.8 Å². The van der Waals surface area contributed by atoms with Crippen molar-refractivity contribution in [1.82, 2.24) is 10.1 Å². The van der Waals surface area contributed by atoms with Gasteiger partial charge in [-0.25, -0.2) is 9.78 Å². The number of hydrogen-bond donors (Lipinski definition) is 3. The molecule has 0 unspecified atom stereocenters. The van der Waals surface area contributed by atoms with Crippen LogP contribution < -0.4 is 15.8 Å². The van der Waals surface area contributed by atoms with Crippen molar-refractivity contribution < 1.29 is 24.0 Å². The topological polar surface area (TPSA) is 141 Å². The summed E-state index contributed by atoms with van der Waals surface area (Å²) in [5, 5.41) is 15.6. The normalized spacial score (nSPS) is 10.4. The first-order valence-corrected chi connectivity index (χ1v) is 7.71. The van der Waals surface area contributed by atoms with Crippen LogP contribution in [0, 0.1) is 0 Å². The molecule has 0 fully saturated rings. The SMILES string of the molecule is COc1ccc(Nc2nc(N)c(C(=O)c3cc(C(=O)O)no3)s2)cc1. The molecule has 0 aliphatic rings. The molecule has 0 saturated carbocycles. The molecule has 0 spiro atoms. The fraction of sp³-hybridized carbons (Fsp3) is 0.0667. The Balaban J connectivity index is 1.81. The number of nitrogens with one attached hydrogen (secondary N) is 1. The van der Waals surface area contributed by atoms with Crippen molar-refractivity contribution in [3.8, 4) is 5.75 Å². The minimum absolute atomic E-state index is 0.0132. The van der Waals surface area contributed by atoms with Crippen LogP contribution in [0.15, 0.2) is 34.9 Å². The summed E-state index contributed by atoms with van der Waals surface area (Å²) >= 11 is 1.02. The van der Waals surface area contributed by atoms with Crippen molar-refractivity contribution >= 4 is 39.7 Å². The number of nitrogen functional groups attached to an aromatic ring is 1. The summed E-state index contributed by atoms with van der Waals surface area (Å²) < 4.78 is 9.84. The Morgan fingerprint density at radius 2 is 2.04 bits per heavy atom. The Bertz CT molecular complexity index is 932. The molecule has 2 heterocycles. The number of anilines is 3. The first-order chi connectivity index (χ1) is 12.0. The van der Waals surface area contributed by atoms with Crippen LogP contribution in [0.4, 0.5) is 16.6 Å². The van der Waals surface area contributed by atoms with Crippen LogP contribution in [0.2, 0.25) is 0 Å². The van der Waals surface area contributed by atoms with Crippen molar-refractivity contribution in [3.05, 3.63) is 46.7 Å². The van der Waals surface area contributed by atoms with Gasteiger partial charge in [0.2, 0.25) is 11.5 Å². The number of carboxylic acid groups (broad SMARTS) is 1. The molecule has 0 saturated heterocycles. The molecule has 0 bridgehead atoms. The molecular weight excluding hydrogens is 348 g/mol. The highest BCUT2D eigenvalue weighted by atomic mass is 32.1. The number of carbonyl (C=O) groups is 2. The molecule has 25 heavy (non-hydrogen) atoms. The van der Waals surface area contributed by atoms with Crippen LogP contribution >= 0.6 is 11.3 Å². The number of ether oxygens (including phenoxy) is 1. The molecule has 4 N–H and O–H groups in total. The molecule has 10 heteroatoms. The summed E-state index contributed by atoms with van der Waals surface area (Å²) in [5.41, 5.74) is 6.16. The number of thiazole rings is 1. The third-order valence-corrected chi connectivity index (χ3v) is 4.14. The number of methoxy groups -OCH3 is 1. The molecule has 2 aromatic heterocycles. The van der Waals surface area contributed by atoms with E-state index >= 15 is 0 Å². The Morgan fingerprint density at radius 1 is 1.32 bits per heavy atom. The standard InChI is InChI=1S/C15H12N4O5S/c1-23-8-4-2-7(3-5-8)17-15-18-13(16)12(25-15)11(20)10-6-9(14(21)22)19-24-10/h2-6H,16H2,1H3,(H,17,18)(H,21,22). The second-order valence-corrected chi connectivity index (χ2v) is 5.80. The fourth-order valence-corrected chi connectivity index (χ4v) is 2.79. The first kappa shape index (κ1) is 16.5. The zero-order valence-electron chi connectivity index (χ0n) is 12.8. The number of aromatic carboxylic acids is 1. The van der Waals surface area contributed by atoms with Gasteiger partial charge in [0.25, 0.3) is 0 Å². The van der Waals surface area contributed by atoms with Gasteiger partial charge in [-0.2, -0.15) is 0 Å². The number of rotatable bonds is 6. The van der Waals surface area contributed by atoms with E-state index in [1.807, 2.05) is 0 Å².